The van der Waals surface area contributed by atoms with E-state index in [1.165, 1.54) is 11.0 Å². The van der Waals surface area contributed by atoms with Crippen molar-refractivity contribution in [1.29, 1.82) is 0 Å². The predicted molar refractivity (Wildman–Crippen MR) is 133 cm³/mol. The molecule has 6 nitrogen and oxygen atoms in total. The van der Waals surface area contributed by atoms with Crippen LogP contribution >= 0.6 is 11.6 Å². The summed E-state index contributed by atoms with van der Waals surface area (Å²) in [5.74, 6) is -0.548. The SMILES string of the molecule is Cc1cc(C)c(NC(=O)CN(C)C(=O)/C=C/c2c(C)nn(Cc3ccccc3)c2Cl)c(C)c1. The number of hydrogen-bond donors (Lipinski definition) is 1. The van der Waals surface area contributed by atoms with E-state index in [2.05, 4.69) is 10.4 Å². The van der Waals surface area contributed by atoms with E-state index in [1.807, 2.05) is 70.2 Å². The van der Waals surface area contributed by atoms with E-state index in [0.29, 0.717) is 17.3 Å². The number of likely N-dealkylation sites (N-methyl/N-ethyl adjacent to an activating group) is 1. The number of carbonyl (C=O) groups is 2. The highest BCUT2D eigenvalue weighted by molar-refractivity contribution is 6.31. The van der Waals surface area contributed by atoms with E-state index in [9.17, 15) is 9.59 Å². The minimum absolute atomic E-state index is 0.0596. The fraction of sp³-hybridized carbons (Fsp3) is 0.269. The highest BCUT2D eigenvalue weighted by Gasteiger charge is 2.15. The number of benzene rings is 2. The second kappa shape index (κ2) is 10.5. The fourth-order valence-corrected chi connectivity index (χ4v) is 4.05. The molecule has 33 heavy (non-hydrogen) atoms. The Morgan fingerprint density at radius 3 is 2.36 bits per heavy atom. The van der Waals surface area contributed by atoms with Crippen molar-refractivity contribution in [3.8, 4) is 0 Å². The number of aryl methyl sites for hydroxylation is 4. The molecule has 0 fully saturated rings. The van der Waals surface area contributed by atoms with Crippen LogP contribution in [-0.2, 0) is 16.1 Å². The van der Waals surface area contributed by atoms with Crippen LogP contribution in [0.25, 0.3) is 6.08 Å². The topological polar surface area (TPSA) is 67.2 Å². The molecule has 0 saturated carbocycles. The average molecular weight is 465 g/mol. The van der Waals surface area contributed by atoms with Gasteiger partial charge >= 0.3 is 0 Å². The first-order chi connectivity index (χ1) is 15.7. The van der Waals surface area contributed by atoms with Gasteiger partial charge in [0.15, 0.2) is 0 Å². The van der Waals surface area contributed by atoms with Gasteiger partial charge in [0.1, 0.15) is 5.15 Å². The van der Waals surface area contributed by atoms with Crippen LogP contribution in [0, 0.1) is 27.7 Å². The van der Waals surface area contributed by atoms with Crippen molar-refractivity contribution in [2.45, 2.75) is 34.2 Å². The van der Waals surface area contributed by atoms with E-state index in [-0.39, 0.29) is 18.4 Å². The highest BCUT2D eigenvalue weighted by Crippen LogP contribution is 2.23. The molecule has 1 aromatic heterocycles. The highest BCUT2D eigenvalue weighted by atomic mass is 35.5. The lowest BCUT2D eigenvalue weighted by Gasteiger charge is -2.17. The van der Waals surface area contributed by atoms with Gasteiger partial charge in [-0.1, -0.05) is 59.6 Å². The van der Waals surface area contributed by atoms with Crippen LogP contribution in [0.3, 0.4) is 0 Å². The number of amides is 2. The summed E-state index contributed by atoms with van der Waals surface area (Å²) in [6, 6.07) is 13.9. The van der Waals surface area contributed by atoms with Crippen molar-refractivity contribution in [2.24, 2.45) is 0 Å². The van der Waals surface area contributed by atoms with Crippen molar-refractivity contribution in [3.63, 3.8) is 0 Å². The quantitative estimate of drug-likeness (QED) is 0.504. The molecule has 0 radical (unpaired) electrons. The van der Waals surface area contributed by atoms with E-state index in [4.69, 9.17) is 11.6 Å². The van der Waals surface area contributed by atoms with Gasteiger partial charge in [0.2, 0.25) is 11.8 Å². The summed E-state index contributed by atoms with van der Waals surface area (Å²) in [5, 5.41) is 7.87. The van der Waals surface area contributed by atoms with Crippen molar-refractivity contribution in [2.75, 3.05) is 18.9 Å². The normalized spacial score (nSPS) is 11.1. The van der Waals surface area contributed by atoms with Gasteiger partial charge < -0.3 is 10.2 Å². The van der Waals surface area contributed by atoms with Gasteiger partial charge in [0, 0.05) is 24.4 Å². The summed E-state index contributed by atoms with van der Waals surface area (Å²) < 4.78 is 1.71. The Morgan fingerprint density at radius 1 is 1.09 bits per heavy atom. The lowest BCUT2D eigenvalue weighted by atomic mass is 10.1. The standard InChI is InChI=1S/C26H29ClN4O2/c1-17-13-18(2)25(19(3)14-17)28-23(32)16-30(5)24(33)12-11-22-20(4)29-31(26(22)27)15-21-9-7-6-8-10-21/h6-14H,15-16H2,1-5H3,(H,28,32)/b12-11+. The third kappa shape index (κ3) is 6.11. The van der Waals surface area contributed by atoms with E-state index in [1.54, 1.807) is 17.8 Å². The average Bonchev–Trinajstić information content (AvgIpc) is 3.02. The molecular weight excluding hydrogens is 436 g/mol. The fourth-order valence-electron chi connectivity index (χ4n) is 3.75. The molecule has 0 atom stereocenters. The minimum Gasteiger partial charge on any atom is -0.333 e. The van der Waals surface area contributed by atoms with E-state index in [0.717, 1.165) is 33.6 Å². The van der Waals surface area contributed by atoms with E-state index >= 15 is 0 Å². The Bertz CT molecular complexity index is 1180. The predicted octanol–water partition coefficient (Wildman–Crippen LogP) is 4.93. The van der Waals surface area contributed by atoms with Gasteiger partial charge in [0.05, 0.1) is 18.8 Å². The van der Waals surface area contributed by atoms with Crippen molar-refractivity contribution in [1.82, 2.24) is 14.7 Å². The summed E-state index contributed by atoms with van der Waals surface area (Å²) in [4.78, 5) is 26.5. The van der Waals surface area contributed by atoms with Gasteiger partial charge in [-0.3, -0.25) is 9.59 Å². The maximum absolute atomic E-state index is 12.6. The number of anilines is 1. The number of nitrogens with zero attached hydrogens (tertiary/aromatic N) is 3. The number of rotatable bonds is 7. The lowest BCUT2D eigenvalue weighted by molar-refractivity contribution is -0.129. The van der Waals surface area contributed by atoms with Crippen LogP contribution < -0.4 is 5.32 Å². The Balaban J connectivity index is 1.64. The van der Waals surface area contributed by atoms with Crippen LogP contribution in [0.2, 0.25) is 5.15 Å². The zero-order valence-electron chi connectivity index (χ0n) is 19.6. The first kappa shape index (κ1) is 24.3. The smallest absolute Gasteiger partial charge is 0.246 e. The van der Waals surface area contributed by atoms with Crippen molar-refractivity contribution < 1.29 is 9.59 Å². The van der Waals surface area contributed by atoms with Crippen LogP contribution in [0.4, 0.5) is 5.69 Å². The number of halogens is 1. The largest absolute Gasteiger partial charge is 0.333 e. The van der Waals surface area contributed by atoms with Gasteiger partial charge in [-0.25, -0.2) is 4.68 Å². The van der Waals surface area contributed by atoms with Gasteiger partial charge in [-0.15, -0.1) is 0 Å². The minimum atomic E-state index is -0.297. The third-order valence-electron chi connectivity index (χ3n) is 5.38. The first-order valence-corrected chi connectivity index (χ1v) is 11.1. The molecule has 1 N–H and O–H groups in total. The Kier molecular flexibility index (Phi) is 7.71. The van der Waals surface area contributed by atoms with Gasteiger partial charge in [-0.2, -0.15) is 5.10 Å². The maximum atomic E-state index is 12.6. The summed E-state index contributed by atoms with van der Waals surface area (Å²) >= 11 is 6.52. The molecule has 3 aromatic rings. The van der Waals surface area contributed by atoms with Crippen LogP contribution in [0.1, 0.15) is 33.5 Å². The van der Waals surface area contributed by atoms with Crippen molar-refractivity contribution in [3.05, 3.63) is 87.2 Å². The Morgan fingerprint density at radius 2 is 1.73 bits per heavy atom. The Labute approximate surface area is 199 Å². The molecule has 172 valence electrons. The number of aromatic nitrogens is 2. The molecule has 0 aliphatic carbocycles. The van der Waals surface area contributed by atoms with Gasteiger partial charge in [0.25, 0.3) is 0 Å². The Hall–Kier alpha value is -3.38. The second-order valence-corrected chi connectivity index (χ2v) is 8.64. The van der Waals surface area contributed by atoms with Crippen LogP contribution in [-0.4, -0.2) is 40.1 Å². The number of nitrogens with one attached hydrogen (secondary N) is 1. The monoisotopic (exact) mass is 464 g/mol. The van der Waals surface area contributed by atoms with Gasteiger partial charge in [-0.05, 0) is 50.5 Å². The molecule has 0 spiro atoms. The summed E-state index contributed by atoms with van der Waals surface area (Å²) in [6.07, 6.45) is 3.07. The van der Waals surface area contributed by atoms with Crippen LogP contribution in [0.15, 0.2) is 48.5 Å². The molecule has 2 amide bonds. The molecular formula is C26H29ClN4O2. The number of carbonyl (C=O) groups excluding carboxylic acids is 2. The zero-order valence-corrected chi connectivity index (χ0v) is 20.4. The third-order valence-corrected chi connectivity index (χ3v) is 5.77. The summed E-state index contributed by atoms with van der Waals surface area (Å²) in [5.41, 5.74) is 6.41. The zero-order chi connectivity index (χ0) is 24.1. The molecule has 0 bridgehead atoms. The second-order valence-electron chi connectivity index (χ2n) is 8.28. The van der Waals surface area contributed by atoms with Crippen molar-refractivity contribution >= 4 is 35.2 Å². The van der Waals surface area contributed by atoms with Crippen LogP contribution in [0.5, 0.6) is 0 Å². The summed E-state index contributed by atoms with van der Waals surface area (Å²) in [7, 11) is 1.59. The molecule has 7 heteroatoms. The van der Waals surface area contributed by atoms with E-state index < -0.39 is 0 Å². The lowest BCUT2D eigenvalue weighted by Crippen LogP contribution is -2.34. The molecule has 0 unspecified atom stereocenters. The molecule has 1 heterocycles. The molecule has 0 saturated heterocycles. The molecule has 0 aliphatic rings. The summed E-state index contributed by atoms with van der Waals surface area (Å²) in [6.45, 7) is 8.26. The first-order valence-electron chi connectivity index (χ1n) is 10.7. The molecule has 3 rings (SSSR count). The number of hydrogen-bond acceptors (Lipinski definition) is 3. The molecule has 0 aliphatic heterocycles. The molecule has 2 aromatic carbocycles. The maximum Gasteiger partial charge on any atom is 0.246 e.